The largest absolute Gasteiger partial charge is 0.0996 e. The molecule has 6 atom stereocenters. The first kappa shape index (κ1) is 16.0. The van der Waals surface area contributed by atoms with Gasteiger partial charge in [0.25, 0.3) is 0 Å². The summed E-state index contributed by atoms with van der Waals surface area (Å²) in [6.07, 6.45) is 19.7. The second-order valence-corrected chi connectivity index (χ2v) is 10.6. The highest BCUT2D eigenvalue weighted by atomic mass is 14.7. The Labute approximate surface area is 149 Å². The molecule has 5 rings (SSSR count). The van der Waals surface area contributed by atoms with Crippen LogP contribution in [-0.2, 0) is 0 Å². The van der Waals surface area contributed by atoms with Crippen molar-refractivity contribution in [3.05, 3.63) is 12.2 Å². The van der Waals surface area contributed by atoms with Crippen molar-refractivity contribution in [2.45, 2.75) is 90.4 Å². The molecule has 5 aliphatic rings. The molecular formula is C24H38. The monoisotopic (exact) mass is 326 g/mol. The fourth-order valence-electron chi connectivity index (χ4n) is 8.53. The lowest BCUT2D eigenvalue weighted by atomic mass is 9.73. The Balaban J connectivity index is 1.37. The zero-order valence-corrected chi connectivity index (χ0v) is 15.9. The normalized spacial score (nSPS) is 49.7. The highest BCUT2D eigenvalue weighted by molar-refractivity contribution is 5.22. The van der Waals surface area contributed by atoms with Crippen LogP contribution in [0.1, 0.15) is 90.4 Å². The summed E-state index contributed by atoms with van der Waals surface area (Å²) in [4.78, 5) is 0. The van der Waals surface area contributed by atoms with Crippen molar-refractivity contribution in [2.75, 3.05) is 0 Å². The van der Waals surface area contributed by atoms with E-state index in [-0.39, 0.29) is 0 Å². The zero-order chi connectivity index (χ0) is 16.3. The van der Waals surface area contributed by atoms with Gasteiger partial charge in [0.1, 0.15) is 0 Å². The van der Waals surface area contributed by atoms with E-state index in [0.717, 1.165) is 46.8 Å². The third-order valence-electron chi connectivity index (χ3n) is 9.80. The maximum absolute atomic E-state index is 4.59. The molecule has 0 spiro atoms. The van der Waals surface area contributed by atoms with Gasteiger partial charge in [0.2, 0.25) is 0 Å². The molecule has 5 aliphatic carbocycles. The van der Waals surface area contributed by atoms with E-state index in [1.165, 1.54) is 51.4 Å². The molecular weight excluding hydrogens is 288 g/mol. The van der Waals surface area contributed by atoms with Gasteiger partial charge < -0.3 is 0 Å². The number of hydrogen-bond acceptors (Lipinski definition) is 0. The van der Waals surface area contributed by atoms with Crippen molar-refractivity contribution in [2.24, 2.45) is 46.8 Å². The van der Waals surface area contributed by atoms with Gasteiger partial charge in [-0.1, -0.05) is 64.0 Å². The molecule has 0 aromatic carbocycles. The van der Waals surface area contributed by atoms with Gasteiger partial charge in [-0.2, -0.15) is 0 Å². The van der Waals surface area contributed by atoms with Crippen molar-refractivity contribution >= 4 is 0 Å². The fourth-order valence-corrected chi connectivity index (χ4v) is 8.53. The second-order valence-electron chi connectivity index (χ2n) is 10.6. The minimum absolute atomic E-state index is 0.731. The van der Waals surface area contributed by atoms with Gasteiger partial charge in [-0.05, 0) is 85.4 Å². The topological polar surface area (TPSA) is 0 Å². The van der Waals surface area contributed by atoms with Gasteiger partial charge in [-0.15, -0.1) is 0 Å². The Bertz CT molecular complexity index is 492. The molecule has 0 unspecified atom stereocenters. The van der Waals surface area contributed by atoms with Crippen LogP contribution in [0.4, 0.5) is 0 Å². The number of fused-ring (bicyclic) bond motifs is 3. The minimum Gasteiger partial charge on any atom is -0.0996 e. The lowest BCUT2D eigenvalue weighted by Gasteiger charge is -2.32. The molecule has 0 aromatic heterocycles. The van der Waals surface area contributed by atoms with Crippen LogP contribution < -0.4 is 0 Å². The van der Waals surface area contributed by atoms with E-state index in [2.05, 4.69) is 13.5 Å². The van der Waals surface area contributed by atoms with E-state index < -0.39 is 0 Å². The Morgan fingerprint density at radius 1 is 0.833 bits per heavy atom. The number of allylic oxidation sites excluding steroid dienone is 1. The molecule has 0 radical (unpaired) electrons. The minimum atomic E-state index is 0.731. The molecule has 0 aliphatic heterocycles. The summed E-state index contributed by atoms with van der Waals surface area (Å²) in [5.41, 5.74) is 2.40. The third kappa shape index (κ3) is 2.30. The van der Waals surface area contributed by atoms with Crippen LogP contribution >= 0.6 is 0 Å². The molecule has 24 heavy (non-hydrogen) atoms. The van der Waals surface area contributed by atoms with Crippen molar-refractivity contribution in [1.29, 1.82) is 0 Å². The average Bonchev–Trinajstić information content (AvgIpc) is 3.02. The van der Waals surface area contributed by atoms with Crippen LogP contribution in [-0.4, -0.2) is 0 Å². The van der Waals surface area contributed by atoms with Crippen LogP contribution in [0.5, 0.6) is 0 Å². The summed E-state index contributed by atoms with van der Waals surface area (Å²) < 4.78 is 0. The molecule has 0 heterocycles. The second kappa shape index (κ2) is 5.88. The van der Waals surface area contributed by atoms with Gasteiger partial charge in [0, 0.05) is 0 Å². The maximum atomic E-state index is 4.59. The van der Waals surface area contributed by atoms with E-state index in [1.807, 2.05) is 0 Å². The van der Waals surface area contributed by atoms with E-state index in [9.17, 15) is 0 Å². The molecule has 5 fully saturated rings. The Morgan fingerprint density at radius 3 is 2.29 bits per heavy atom. The summed E-state index contributed by atoms with van der Waals surface area (Å²) in [5, 5.41) is 0. The molecule has 134 valence electrons. The van der Waals surface area contributed by atoms with Crippen molar-refractivity contribution in [3.8, 4) is 0 Å². The van der Waals surface area contributed by atoms with Gasteiger partial charge >= 0.3 is 0 Å². The summed E-state index contributed by atoms with van der Waals surface area (Å²) in [6.45, 7) is 7.32. The molecule has 0 bridgehead atoms. The highest BCUT2D eigenvalue weighted by Crippen LogP contribution is 2.74. The quantitative estimate of drug-likeness (QED) is 0.479. The van der Waals surface area contributed by atoms with Crippen LogP contribution in [0.25, 0.3) is 0 Å². The predicted octanol–water partition coefficient (Wildman–Crippen LogP) is 7.00. The molecule has 0 amide bonds. The van der Waals surface area contributed by atoms with E-state index in [0.29, 0.717) is 0 Å². The number of rotatable bonds is 2. The lowest BCUT2D eigenvalue weighted by Crippen LogP contribution is -2.23. The van der Waals surface area contributed by atoms with Crippen molar-refractivity contribution in [3.63, 3.8) is 0 Å². The summed E-state index contributed by atoms with van der Waals surface area (Å²) in [5.74, 6) is 7.31. The van der Waals surface area contributed by atoms with Crippen LogP contribution in [0.2, 0.25) is 0 Å². The molecule has 0 heteroatoms. The Hall–Kier alpha value is -0.260. The smallest absolute Gasteiger partial charge is 0.0172 e. The summed E-state index contributed by atoms with van der Waals surface area (Å²) in [7, 11) is 0. The number of hydrogen-bond donors (Lipinski definition) is 0. The van der Waals surface area contributed by atoms with Gasteiger partial charge in [0.05, 0.1) is 0 Å². The molecule has 0 N–H and O–H groups in total. The van der Waals surface area contributed by atoms with Crippen LogP contribution in [0.3, 0.4) is 0 Å². The standard InChI is InChI=1S/C24H38/c1-16-12-13-22-23(24(22,2)19-10-4-3-5-11-19)21-15-18(14-20(16)21)17-8-6-7-9-17/h17-23H,1,3-15H2,2H3/t18-,20+,21+,22+,23-,24+/m0/s1. The predicted molar refractivity (Wildman–Crippen MR) is 102 cm³/mol. The van der Waals surface area contributed by atoms with Crippen LogP contribution in [0, 0.1) is 46.8 Å². The first-order valence-corrected chi connectivity index (χ1v) is 11.4. The van der Waals surface area contributed by atoms with E-state index >= 15 is 0 Å². The SMILES string of the molecule is C=C1CC[C@@H]2[C@H]([C@@H]3C[C@@H](C4CCCC4)C[C@H]13)[C@]2(C)C1CCCCC1. The van der Waals surface area contributed by atoms with Crippen molar-refractivity contribution < 1.29 is 0 Å². The average molecular weight is 327 g/mol. The molecule has 0 aromatic rings. The summed E-state index contributed by atoms with van der Waals surface area (Å²) >= 11 is 0. The first-order valence-electron chi connectivity index (χ1n) is 11.4. The van der Waals surface area contributed by atoms with Gasteiger partial charge in [0.15, 0.2) is 0 Å². The maximum Gasteiger partial charge on any atom is -0.0172 e. The molecule has 0 nitrogen and oxygen atoms in total. The summed E-state index contributed by atoms with van der Waals surface area (Å²) in [6, 6.07) is 0. The third-order valence-corrected chi connectivity index (χ3v) is 9.80. The first-order chi connectivity index (χ1) is 11.7. The fraction of sp³-hybridized carbons (Fsp3) is 0.917. The molecule has 5 saturated carbocycles. The van der Waals surface area contributed by atoms with Gasteiger partial charge in [-0.3, -0.25) is 0 Å². The van der Waals surface area contributed by atoms with Crippen molar-refractivity contribution in [1.82, 2.24) is 0 Å². The van der Waals surface area contributed by atoms with Crippen LogP contribution in [0.15, 0.2) is 12.2 Å². The Morgan fingerprint density at radius 2 is 1.54 bits per heavy atom. The molecule has 0 saturated heterocycles. The highest BCUT2D eigenvalue weighted by Gasteiger charge is 2.68. The van der Waals surface area contributed by atoms with E-state index in [4.69, 9.17) is 0 Å². The Kier molecular flexibility index (Phi) is 3.91. The lowest BCUT2D eigenvalue weighted by molar-refractivity contribution is 0.187. The van der Waals surface area contributed by atoms with E-state index in [1.54, 1.807) is 37.7 Å². The zero-order valence-electron chi connectivity index (χ0n) is 15.9. The van der Waals surface area contributed by atoms with Gasteiger partial charge in [-0.25, -0.2) is 0 Å².